The number of para-hydroxylation sites is 1. The molecule has 0 amide bonds. The number of aromatic amines is 1. The molecule has 1 aliphatic rings. The molecular formula is C20H20N2O2S. The number of hydrogen-bond donors (Lipinski definition) is 2. The first-order valence-electron chi connectivity index (χ1n) is 8.28. The first kappa shape index (κ1) is 16.2. The number of benzene rings is 2. The summed E-state index contributed by atoms with van der Waals surface area (Å²) in [4.78, 5) is 17.0. The summed E-state index contributed by atoms with van der Waals surface area (Å²) in [6.45, 7) is 0. The van der Waals surface area contributed by atoms with Crippen molar-refractivity contribution in [1.29, 1.82) is 0 Å². The molecule has 0 aliphatic carbocycles. The van der Waals surface area contributed by atoms with Crippen molar-refractivity contribution in [2.75, 3.05) is 13.4 Å². The van der Waals surface area contributed by atoms with Gasteiger partial charge in [-0.15, -0.1) is 11.8 Å². The Morgan fingerprint density at radius 1 is 1.16 bits per heavy atom. The lowest BCUT2D eigenvalue weighted by atomic mass is 9.90. The van der Waals surface area contributed by atoms with Gasteiger partial charge in [0.05, 0.1) is 13.2 Å². The van der Waals surface area contributed by atoms with Gasteiger partial charge in [0.25, 0.3) is 0 Å². The SMILES string of the molecule is COC(=O)C1Cc2c([nH]c3ccccc23)C(c2ccc(SC)cc2)N1. The molecule has 2 unspecified atom stereocenters. The number of methoxy groups -OCH3 is 1. The van der Waals surface area contributed by atoms with Crippen molar-refractivity contribution in [2.45, 2.75) is 23.4 Å². The van der Waals surface area contributed by atoms with E-state index in [2.05, 4.69) is 53.0 Å². The van der Waals surface area contributed by atoms with Gasteiger partial charge in [0.15, 0.2) is 0 Å². The van der Waals surface area contributed by atoms with Gasteiger partial charge in [-0.25, -0.2) is 0 Å². The molecule has 1 aromatic heterocycles. The Kier molecular flexibility index (Phi) is 4.27. The van der Waals surface area contributed by atoms with Crippen LogP contribution in [0.5, 0.6) is 0 Å². The van der Waals surface area contributed by atoms with E-state index in [9.17, 15) is 4.79 Å². The van der Waals surface area contributed by atoms with Crippen molar-refractivity contribution in [3.05, 3.63) is 65.4 Å². The van der Waals surface area contributed by atoms with Gasteiger partial charge in [-0.05, 0) is 35.6 Å². The third-order valence-corrected chi connectivity index (χ3v) is 5.59. The molecular weight excluding hydrogens is 332 g/mol. The van der Waals surface area contributed by atoms with Crippen LogP contribution in [0.15, 0.2) is 53.4 Å². The third kappa shape index (κ3) is 2.83. The van der Waals surface area contributed by atoms with Gasteiger partial charge in [-0.2, -0.15) is 0 Å². The van der Waals surface area contributed by atoms with Gasteiger partial charge < -0.3 is 9.72 Å². The maximum absolute atomic E-state index is 12.2. The van der Waals surface area contributed by atoms with E-state index >= 15 is 0 Å². The number of rotatable bonds is 3. The molecule has 4 rings (SSSR count). The van der Waals surface area contributed by atoms with Gasteiger partial charge >= 0.3 is 5.97 Å². The zero-order chi connectivity index (χ0) is 17.4. The number of ether oxygens (including phenoxy) is 1. The normalized spacial score (nSPS) is 19.6. The van der Waals surface area contributed by atoms with Crippen LogP contribution < -0.4 is 5.32 Å². The first-order valence-corrected chi connectivity index (χ1v) is 9.51. The predicted molar refractivity (Wildman–Crippen MR) is 101 cm³/mol. The molecule has 0 spiro atoms. The molecule has 128 valence electrons. The van der Waals surface area contributed by atoms with Crippen LogP contribution in [-0.4, -0.2) is 30.4 Å². The highest BCUT2D eigenvalue weighted by molar-refractivity contribution is 7.98. The monoisotopic (exact) mass is 352 g/mol. The molecule has 0 bridgehead atoms. The van der Waals surface area contributed by atoms with Crippen LogP contribution >= 0.6 is 11.8 Å². The van der Waals surface area contributed by atoms with Gasteiger partial charge in [0.2, 0.25) is 0 Å². The van der Waals surface area contributed by atoms with Crippen molar-refractivity contribution in [3.8, 4) is 0 Å². The maximum Gasteiger partial charge on any atom is 0.323 e. The van der Waals surface area contributed by atoms with Crippen LogP contribution in [-0.2, 0) is 16.0 Å². The number of nitrogens with one attached hydrogen (secondary N) is 2. The average molecular weight is 352 g/mol. The van der Waals surface area contributed by atoms with Crippen LogP contribution in [0.4, 0.5) is 0 Å². The largest absolute Gasteiger partial charge is 0.468 e. The highest BCUT2D eigenvalue weighted by atomic mass is 32.2. The molecule has 2 aromatic carbocycles. The molecule has 4 nitrogen and oxygen atoms in total. The Balaban J connectivity index is 1.83. The summed E-state index contributed by atoms with van der Waals surface area (Å²) < 4.78 is 5.00. The van der Waals surface area contributed by atoms with Crippen molar-refractivity contribution < 1.29 is 9.53 Å². The second kappa shape index (κ2) is 6.58. The molecule has 0 radical (unpaired) electrons. The van der Waals surface area contributed by atoms with E-state index in [4.69, 9.17) is 4.74 Å². The maximum atomic E-state index is 12.2. The van der Waals surface area contributed by atoms with Gasteiger partial charge in [0.1, 0.15) is 6.04 Å². The summed E-state index contributed by atoms with van der Waals surface area (Å²) >= 11 is 1.72. The summed E-state index contributed by atoms with van der Waals surface area (Å²) in [5.74, 6) is -0.221. The lowest BCUT2D eigenvalue weighted by Gasteiger charge is -2.30. The molecule has 0 saturated carbocycles. The van der Waals surface area contributed by atoms with Crippen LogP contribution in [0.1, 0.15) is 22.9 Å². The zero-order valence-electron chi connectivity index (χ0n) is 14.2. The Morgan fingerprint density at radius 3 is 2.64 bits per heavy atom. The van der Waals surface area contributed by atoms with Crippen molar-refractivity contribution in [3.63, 3.8) is 0 Å². The minimum absolute atomic E-state index is 0.0591. The molecule has 2 N–H and O–H groups in total. The smallest absolute Gasteiger partial charge is 0.323 e. The van der Waals surface area contributed by atoms with Crippen molar-refractivity contribution >= 4 is 28.6 Å². The summed E-state index contributed by atoms with van der Waals surface area (Å²) in [5.41, 5.74) is 4.58. The lowest BCUT2D eigenvalue weighted by molar-refractivity contribution is -0.143. The number of H-pyrrole nitrogens is 1. The van der Waals surface area contributed by atoms with Gasteiger partial charge in [-0.1, -0.05) is 30.3 Å². The minimum atomic E-state index is -0.345. The quantitative estimate of drug-likeness (QED) is 0.558. The van der Waals surface area contributed by atoms with E-state index in [0.717, 1.165) is 16.8 Å². The van der Waals surface area contributed by atoms with Crippen LogP contribution in [0.25, 0.3) is 10.9 Å². The molecule has 2 atom stereocenters. The fourth-order valence-corrected chi connectivity index (χ4v) is 4.00. The fourth-order valence-electron chi connectivity index (χ4n) is 3.59. The Bertz CT molecular complexity index is 917. The highest BCUT2D eigenvalue weighted by Crippen LogP contribution is 2.35. The number of aromatic nitrogens is 1. The molecule has 3 aromatic rings. The molecule has 0 saturated heterocycles. The number of carbonyl (C=O) groups excluding carboxylic acids is 1. The summed E-state index contributed by atoms with van der Waals surface area (Å²) in [7, 11) is 1.44. The number of hydrogen-bond acceptors (Lipinski definition) is 4. The van der Waals surface area contributed by atoms with E-state index in [1.165, 1.54) is 23.0 Å². The second-order valence-electron chi connectivity index (χ2n) is 6.22. The molecule has 1 aliphatic heterocycles. The van der Waals surface area contributed by atoms with Crippen molar-refractivity contribution in [2.24, 2.45) is 0 Å². The fraction of sp³-hybridized carbons (Fsp3) is 0.250. The predicted octanol–water partition coefficient (Wildman–Crippen LogP) is 3.67. The lowest BCUT2D eigenvalue weighted by Crippen LogP contribution is -2.45. The molecule has 0 fully saturated rings. The number of esters is 1. The van der Waals surface area contributed by atoms with Crippen LogP contribution in [0.3, 0.4) is 0 Å². The number of thioether (sulfide) groups is 1. The Hall–Kier alpha value is -2.24. The summed E-state index contributed by atoms with van der Waals surface area (Å²) in [6.07, 6.45) is 2.70. The van der Waals surface area contributed by atoms with E-state index < -0.39 is 0 Å². The summed E-state index contributed by atoms with van der Waals surface area (Å²) in [6, 6.07) is 16.3. The van der Waals surface area contributed by atoms with E-state index in [0.29, 0.717) is 6.42 Å². The van der Waals surface area contributed by atoms with Crippen LogP contribution in [0.2, 0.25) is 0 Å². The Morgan fingerprint density at radius 2 is 1.92 bits per heavy atom. The molecule has 5 heteroatoms. The minimum Gasteiger partial charge on any atom is -0.468 e. The van der Waals surface area contributed by atoms with Crippen molar-refractivity contribution in [1.82, 2.24) is 10.3 Å². The van der Waals surface area contributed by atoms with Gasteiger partial charge in [-0.3, -0.25) is 10.1 Å². The average Bonchev–Trinajstić information content (AvgIpc) is 3.05. The van der Waals surface area contributed by atoms with Gasteiger partial charge in [0, 0.05) is 27.9 Å². The zero-order valence-corrected chi connectivity index (χ0v) is 15.0. The van der Waals surface area contributed by atoms with E-state index in [-0.39, 0.29) is 18.1 Å². The first-order chi connectivity index (χ1) is 12.2. The molecule has 2 heterocycles. The number of fused-ring (bicyclic) bond motifs is 3. The summed E-state index contributed by atoms with van der Waals surface area (Å²) in [5, 5.41) is 4.64. The number of carbonyl (C=O) groups is 1. The second-order valence-corrected chi connectivity index (χ2v) is 7.10. The Labute approximate surface area is 151 Å². The van der Waals surface area contributed by atoms with E-state index in [1.807, 2.05) is 12.1 Å². The topological polar surface area (TPSA) is 54.1 Å². The molecule has 25 heavy (non-hydrogen) atoms. The third-order valence-electron chi connectivity index (χ3n) is 4.85. The van der Waals surface area contributed by atoms with E-state index in [1.54, 1.807) is 11.8 Å². The standard InChI is InChI=1S/C20H20N2O2S/c1-24-20(23)17-11-15-14-5-3-4-6-16(14)21-19(15)18(22-17)12-7-9-13(25-2)10-8-12/h3-10,17-18,21-22H,11H2,1-2H3. The highest BCUT2D eigenvalue weighted by Gasteiger charge is 2.34. The van der Waals surface area contributed by atoms with Crippen LogP contribution in [0, 0.1) is 0 Å².